The summed E-state index contributed by atoms with van der Waals surface area (Å²) >= 11 is 1.25. The third-order valence-electron chi connectivity index (χ3n) is 4.51. The van der Waals surface area contributed by atoms with Crippen LogP contribution >= 0.6 is 11.3 Å². The number of nitrogens with one attached hydrogen (secondary N) is 2. The molecule has 0 radical (unpaired) electrons. The van der Waals surface area contributed by atoms with Crippen LogP contribution < -0.4 is 15.4 Å². The monoisotopic (exact) mass is 429 g/mol. The number of urea groups is 1. The Bertz CT molecular complexity index is 987. The van der Waals surface area contributed by atoms with Gasteiger partial charge in [0.1, 0.15) is 29.4 Å². The molecule has 1 aliphatic heterocycles. The minimum Gasteiger partial charge on any atom is -0.489 e. The van der Waals surface area contributed by atoms with Gasteiger partial charge >= 0.3 is 6.03 Å². The van der Waals surface area contributed by atoms with Crippen LogP contribution in [0.4, 0.5) is 9.93 Å². The first-order chi connectivity index (χ1) is 14.2. The number of aryl methyl sites for hydroxylation is 1. The van der Waals surface area contributed by atoms with Gasteiger partial charge in [0.15, 0.2) is 0 Å². The number of rotatable bonds is 8. The van der Waals surface area contributed by atoms with Crippen LogP contribution in [-0.4, -0.2) is 46.1 Å². The zero-order valence-electron chi connectivity index (χ0n) is 17.0. The number of benzene rings is 1. The molecule has 158 valence electrons. The Hall–Kier alpha value is -3.27. The largest absolute Gasteiger partial charge is 0.489 e. The molecule has 4 amide bonds. The highest BCUT2D eigenvalue weighted by atomic mass is 32.1. The minimum absolute atomic E-state index is 0.331. The lowest BCUT2D eigenvalue weighted by molar-refractivity contribution is -0.133. The fourth-order valence-electron chi connectivity index (χ4n) is 2.88. The Morgan fingerprint density at radius 3 is 2.60 bits per heavy atom. The molecule has 1 saturated heterocycles. The van der Waals surface area contributed by atoms with Crippen LogP contribution in [0, 0.1) is 0 Å². The third kappa shape index (κ3) is 4.48. The van der Waals surface area contributed by atoms with Crippen LogP contribution in [-0.2, 0) is 21.5 Å². The molecule has 0 aliphatic carbocycles. The summed E-state index contributed by atoms with van der Waals surface area (Å²) in [6.07, 6.45) is 0.704. The number of carbonyl (C=O) groups is 3. The van der Waals surface area contributed by atoms with Crippen molar-refractivity contribution in [1.29, 1.82) is 0 Å². The number of hydrogen-bond acceptors (Lipinski definition) is 7. The second-order valence-electron chi connectivity index (χ2n) is 7.12. The van der Waals surface area contributed by atoms with Gasteiger partial charge in [-0.15, -0.1) is 10.2 Å². The average molecular weight is 430 g/mol. The van der Waals surface area contributed by atoms with Crippen LogP contribution in [0.5, 0.6) is 5.75 Å². The molecule has 2 N–H and O–H groups in total. The van der Waals surface area contributed by atoms with E-state index in [1.54, 1.807) is 31.2 Å². The summed E-state index contributed by atoms with van der Waals surface area (Å²) in [7, 11) is 0. The topological polar surface area (TPSA) is 114 Å². The lowest BCUT2D eigenvalue weighted by atomic mass is 9.92. The van der Waals surface area contributed by atoms with Gasteiger partial charge in [-0.1, -0.05) is 37.0 Å². The van der Waals surface area contributed by atoms with Gasteiger partial charge in [0.25, 0.3) is 5.91 Å². The first-order valence-corrected chi connectivity index (χ1v) is 10.2. The van der Waals surface area contributed by atoms with Gasteiger partial charge < -0.3 is 10.1 Å². The molecular formula is C20H23N5O4S. The minimum atomic E-state index is -1.28. The number of nitrogens with zero attached hydrogens (tertiary/aromatic N) is 3. The summed E-state index contributed by atoms with van der Waals surface area (Å²) < 4.78 is 5.56. The van der Waals surface area contributed by atoms with E-state index in [4.69, 9.17) is 4.74 Å². The SMILES string of the molecule is C=C(C)COc1ccc(C2(C)NC(=O)N(CC(=O)Nc3nnc(CC)s3)C2=O)cc1. The molecular weight excluding hydrogens is 406 g/mol. The van der Waals surface area contributed by atoms with Gasteiger partial charge in [0, 0.05) is 0 Å². The number of imide groups is 1. The smallest absolute Gasteiger partial charge is 0.325 e. The molecule has 30 heavy (non-hydrogen) atoms. The number of carbonyl (C=O) groups excluding carboxylic acids is 3. The first kappa shape index (κ1) is 21.4. The molecule has 9 nitrogen and oxygen atoms in total. The molecule has 0 saturated carbocycles. The van der Waals surface area contributed by atoms with Crippen molar-refractivity contribution in [2.75, 3.05) is 18.5 Å². The highest BCUT2D eigenvalue weighted by molar-refractivity contribution is 7.15. The van der Waals surface area contributed by atoms with Gasteiger partial charge in [-0.25, -0.2) is 4.79 Å². The van der Waals surface area contributed by atoms with E-state index >= 15 is 0 Å². The summed E-state index contributed by atoms with van der Waals surface area (Å²) in [5.41, 5.74) is 0.198. The number of aromatic nitrogens is 2. The molecule has 10 heteroatoms. The molecule has 0 bridgehead atoms. The van der Waals surface area contributed by atoms with Gasteiger partial charge in [0.2, 0.25) is 11.0 Å². The molecule has 0 spiro atoms. The fourth-order valence-corrected chi connectivity index (χ4v) is 3.57. The maximum absolute atomic E-state index is 13.0. The van der Waals surface area contributed by atoms with E-state index < -0.39 is 29.9 Å². The second-order valence-corrected chi connectivity index (χ2v) is 8.18. The van der Waals surface area contributed by atoms with Crippen molar-refractivity contribution < 1.29 is 19.1 Å². The van der Waals surface area contributed by atoms with Gasteiger partial charge in [-0.3, -0.25) is 19.8 Å². The molecule has 1 atom stereocenters. The predicted octanol–water partition coefficient (Wildman–Crippen LogP) is 2.46. The highest BCUT2D eigenvalue weighted by Gasteiger charge is 2.49. The highest BCUT2D eigenvalue weighted by Crippen LogP contribution is 2.30. The Kier molecular flexibility index (Phi) is 6.16. The van der Waals surface area contributed by atoms with Crippen molar-refractivity contribution in [2.45, 2.75) is 32.7 Å². The van der Waals surface area contributed by atoms with E-state index in [0.717, 1.165) is 15.5 Å². The molecule has 1 fully saturated rings. The summed E-state index contributed by atoms with van der Waals surface area (Å²) in [6, 6.07) is 6.23. The molecule has 1 aromatic carbocycles. The second kappa shape index (κ2) is 8.62. The van der Waals surface area contributed by atoms with Crippen molar-refractivity contribution in [3.05, 3.63) is 47.0 Å². The Labute approximate surface area is 178 Å². The van der Waals surface area contributed by atoms with Crippen molar-refractivity contribution in [1.82, 2.24) is 20.4 Å². The lowest BCUT2D eigenvalue weighted by Crippen LogP contribution is -2.42. The van der Waals surface area contributed by atoms with Crippen LogP contribution in [0.1, 0.15) is 31.3 Å². The number of ether oxygens (including phenoxy) is 1. The Morgan fingerprint density at radius 2 is 2.00 bits per heavy atom. The summed E-state index contributed by atoms with van der Waals surface area (Å²) in [4.78, 5) is 38.6. The standard InChI is InChI=1S/C20H23N5O4S/c1-5-16-23-24-18(30-16)21-15(26)10-25-17(27)20(4,22-19(25)28)13-6-8-14(9-7-13)29-11-12(2)3/h6-9H,2,5,10-11H2,1,3-4H3,(H,22,28)(H,21,24,26). The van der Waals surface area contributed by atoms with Crippen LogP contribution in [0.25, 0.3) is 0 Å². The number of amides is 4. The first-order valence-electron chi connectivity index (χ1n) is 9.37. The van der Waals surface area contributed by atoms with E-state index in [2.05, 4.69) is 27.4 Å². The molecule has 2 heterocycles. The molecule has 2 aromatic rings. The quantitative estimate of drug-likeness (QED) is 0.492. The molecule has 1 aliphatic rings. The van der Waals surface area contributed by atoms with Crippen molar-refractivity contribution in [3.63, 3.8) is 0 Å². The number of hydrogen-bond donors (Lipinski definition) is 2. The molecule has 1 aromatic heterocycles. The van der Waals surface area contributed by atoms with E-state index in [-0.39, 0.29) is 0 Å². The van der Waals surface area contributed by atoms with Crippen molar-refractivity contribution >= 4 is 34.3 Å². The Morgan fingerprint density at radius 1 is 1.30 bits per heavy atom. The van der Waals surface area contributed by atoms with Crippen molar-refractivity contribution in [2.24, 2.45) is 0 Å². The maximum atomic E-state index is 13.0. The van der Waals surface area contributed by atoms with E-state index in [1.807, 2.05) is 13.8 Å². The van der Waals surface area contributed by atoms with E-state index in [9.17, 15) is 14.4 Å². The normalized spacial score (nSPS) is 18.3. The fraction of sp³-hybridized carbons (Fsp3) is 0.350. The van der Waals surface area contributed by atoms with Crippen LogP contribution in [0.15, 0.2) is 36.4 Å². The molecule has 1 unspecified atom stereocenters. The summed E-state index contributed by atoms with van der Waals surface area (Å²) in [6.45, 7) is 9.15. The molecule has 3 rings (SSSR count). The Balaban J connectivity index is 1.68. The summed E-state index contributed by atoms with van der Waals surface area (Å²) in [5.74, 6) is -0.406. The number of anilines is 1. The van der Waals surface area contributed by atoms with Crippen LogP contribution in [0.3, 0.4) is 0 Å². The third-order valence-corrected chi connectivity index (χ3v) is 5.49. The summed E-state index contributed by atoms with van der Waals surface area (Å²) in [5, 5.41) is 14.1. The average Bonchev–Trinajstić information content (AvgIpc) is 3.25. The zero-order valence-corrected chi connectivity index (χ0v) is 17.8. The van der Waals surface area contributed by atoms with Crippen LogP contribution in [0.2, 0.25) is 0 Å². The van der Waals surface area contributed by atoms with Gasteiger partial charge in [-0.05, 0) is 43.5 Å². The van der Waals surface area contributed by atoms with E-state index in [1.165, 1.54) is 11.3 Å². The predicted molar refractivity (Wildman–Crippen MR) is 112 cm³/mol. The lowest BCUT2D eigenvalue weighted by Gasteiger charge is -2.22. The van der Waals surface area contributed by atoms with E-state index in [0.29, 0.717) is 29.5 Å². The maximum Gasteiger partial charge on any atom is 0.325 e. The van der Waals surface area contributed by atoms with Crippen molar-refractivity contribution in [3.8, 4) is 5.75 Å². The van der Waals surface area contributed by atoms with Gasteiger partial charge in [0.05, 0.1) is 0 Å². The zero-order chi connectivity index (χ0) is 21.9. The van der Waals surface area contributed by atoms with Gasteiger partial charge in [-0.2, -0.15) is 0 Å².